The van der Waals surface area contributed by atoms with Gasteiger partial charge in [0, 0.05) is 30.6 Å². The SMILES string of the molecule is CC.CN1C(=O)C=C[C@]2(C)C3CC[C@@]4(C)C(CCC[C@@H]4c4nc5ncccc5[nH]4)C3CCC12. The summed E-state index contributed by atoms with van der Waals surface area (Å²) in [5, 5.41) is 0. The summed E-state index contributed by atoms with van der Waals surface area (Å²) in [7, 11) is 2.01. The van der Waals surface area contributed by atoms with Gasteiger partial charge in [-0.1, -0.05) is 40.2 Å². The minimum atomic E-state index is 0.114. The summed E-state index contributed by atoms with van der Waals surface area (Å²) in [6.45, 7) is 8.99. The molecule has 3 aliphatic carbocycles. The maximum Gasteiger partial charge on any atom is 0.246 e. The van der Waals surface area contributed by atoms with Crippen LogP contribution in [0.5, 0.6) is 0 Å². The summed E-state index contributed by atoms with van der Waals surface area (Å²) in [5.74, 6) is 3.97. The topological polar surface area (TPSA) is 61.9 Å². The zero-order chi connectivity index (χ0) is 23.4. The van der Waals surface area contributed by atoms with Gasteiger partial charge in [0.1, 0.15) is 5.82 Å². The van der Waals surface area contributed by atoms with Crippen LogP contribution >= 0.6 is 0 Å². The highest BCUT2D eigenvalue weighted by atomic mass is 16.2. The number of hydrogen-bond donors (Lipinski definition) is 1. The molecule has 3 fully saturated rings. The molecule has 0 aromatic carbocycles. The van der Waals surface area contributed by atoms with Gasteiger partial charge >= 0.3 is 0 Å². The highest BCUT2D eigenvalue weighted by Gasteiger charge is 2.59. The average molecular weight is 449 g/mol. The lowest BCUT2D eigenvalue weighted by molar-refractivity contribution is -0.142. The number of H-pyrrole nitrogens is 1. The molecule has 3 heterocycles. The molecule has 1 N–H and O–H groups in total. The molecule has 4 aliphatic rings. The van der Waals surface area contributed by atoms with Crippen molar-refractivity contribution in [3.63, 3.8) is 0 Å². The van der Waals surface area contributed by atoms with E-state index in [1.54, 1.807) is 0 Å². The van der Waals surface area contributed by atoms with E-state index in [0.29, 0.717) is 17.9 Å². The highest BCUT2D eigenvalue weighted by molar-refractivity contribution is 5.89. The van der Waals surface area contributed by atoms with Crippen LogP contribution in [0.4, 0.5) is 0 Å². The second-order valence-corrected chi connectivity index (χ2v) is 11.1. The van der Waals surface area contributed by atoms with Crippen LogP contribution in [0, 0.1) is 28.6 Å². The molecule has 4 unspecified atom stereocenters. The third-order valence-corrected chi connectivity index (χ3v) is 9.98. The van der Waals surface area contributed by atoms with Gasteiger partial charge in [-0.3, -0.25) is 4.79 Å². The Labute approximate surface area is 198 Å². The van der Waals surface area contributed by atoms with E-state index < -0.39 is 0 Å². The van der Waals surface area contributed by atoms with Crippen molar-refractivity contribution >= 4 is 17.1 Å². The average Bonchev–Trinajstić information content (AvgIpc) is 3.26. The van der Waals surface area contributed by atoms with Crippen LogP contribution in [0.25, 0.3) is 11.2 Å². The first-order chi connectivity index (χ1) is 15.9. The fourth-order valence-corrected chi connectivity index (χ4v) is 8.41. The molecular weight excluding hydrogens is 408 g/mol. The summed E-state index contributed by atoms with van der Waals surface area (Å²) in [5.41, 5.74) is 2.31. The monoisotopic (exact) mass is 448 g/mol. The summed E-state index contributed by atoms with van der Waals surface area (Å²) in [6.07, 6.45) is 14.7. The number of nitrogens with zero attached hydrogens (tertiary/aromatic N) is 3. The third-order valence-electron chi connectivity index (χ3n) is 9.98. The first kappa shape index (κ1) is 22.6. The molecule has 178 valence electrons. The number of carbonyl (C=O) groups excluding carboxylic acids is 1. The van der Waals surface area contributed by atoms with E-state index in [1.165, 1.54) is 38.5 Å². The Morgan fingerprint density at radius 2 is 1.91 bits per heavy atom. The number of hydrogen-bond acceptors (Lipinski definition) is 3. The molecule has 33 heavy (non-hydrogen) atoms. The predicted molar refractivity (Wildman–Crippen MR) is 133 cm³/mol. The molecule has 5 nitrogen and oxygen atoms in total. The molecule has 7 atom stereocenters. The fraction of sp³-hybridized carbons (Fsp3) is 0.679. The molecular formula is C28H40N4O. The summed E-state index contributed by atoms with van der Waals surface area (Å²) < 4.78 is 0. The van der Waals surface area contributed by atoms with Gasteiger partial charge in [0.15, 0.2) is 5.65 Å². The molecule has 2 aromatic rings. The predicted octanol–water partition coefficient (Wildman–Crippen LogP) is 6.10. The van der Waals surface area contributed by atoms with Crippen LogP contribution < -0.4 is 0 Å². The third kappa shape index (κ3) is 3.29. The second-order valence-electron chi connectivity index (χ2n) is 11.1. The molecule has 5 heteroatoms. The molecule has 2 aromatic heterocycles. The van der Waals surface area contributed by atoms with Crippen LogP contribution in [-0.2, 0) is 4.79 Å². The Hall–Kier alpha value is -2.17. The van der Waals surface area contributed by atoms with Crippen molar-refractivity contribution in [2.24, 2.45) is 28.6 Å². The second kappa shape index (κ2) is 8.25. The molecule has 0 spiro atoms. The Morgan fingerprint density at radius 1 is 1.09 bits per heavy atom. The summed E-state index contributed by atoms with van der Waals surface area (Å²) in [6, 6.07) is 4.43. The largest absolute Gasteiger partial charge is 0.340 e. The van der Waals surface area contributed by atoms with Gasteiger partial charge in [-0.25, -0.2) is 9.97 Å². The molecule has 6 rings (SSSR count). The first-order valence-electron chi connectivity index (χ1n) is 13.2. The van der Waals surface area contributed by atoms with Crippen LogP contribution in [0.15, 0.2) is 30.5 Å². The normalized spacial score (nSPS) is 39.8. The van der Waals surface area contributed by atoms with Crippen molar-refractivity contribution in [3.8, 4) is 0 Å². The van der Waals surface area contributed by atoms with E-state index in [2.05, 4.69) is 36.0 Å². The van der Waals surface area contributed by atoms with E-state index in [9.17, 15) is 4.79 Å². The standard InChI is InChI=1S/C26H34N4O.C2H6/c1-25-13-11-18-16(9-10-21-26(18,2)14-12-22(31)30(21)3)17(25)6-4-7-19(25)23-28-20-8-5-15-27-24(20)29-23;1-2/h5,8,12,14-19,21H,4,6-7,9-11,13H2,1-3H3,(H,27,28,29);1-2H3/t16?,17?,18?,19-,21?,25+,26-;/m1./s1. The maximum atomic E-state index is 12.3. The van der Waals surface area contributed by atoms with Crippen molar-refractivity contribution in [2.75, 3.05) is 7.05 Å². The lowest BCUT2D eigenvalue weighted by Crippen LogP contribution is -2.60. The number of likely N-dealkylation sites (N-methyl/N-ethyl adjacent to an activating group) is 1. The smallest absolute Gasteiger partial charge is 0.246 e. The molecule has 0 radical (unpaired) electrons. The zero-order valence-corrected chi connectivity index (χ0v) is 21.0. The van der Waals surface area contributed by atoms with Crippen molar-refractivity contribution in [1.82, 2.24) is 19.9 Å². The van der Waals surface area contributed by atoms with E-state index in [1.807, 2.05) is 44.1 Å². The number of nitrogens with one attached hydrogen (secondary N) is 1. The number of aromatic nitrogens is 3. The van der Waals surface area contributed by atoms with Gasteiger partial charge in [-0.05, 0) is 79.9 Å². The van der Waals surface area contributed by atoms with Crippen LogP contribution in [0.1, 0.15) is 84.4 Å². The highest BCUT2D eigenvalue weighted by Crippen LogP contribution is 2.65. The Kier molecular flexibility index (Phi) is 5.65. The molecule has 0 bridgehead atoms. The zero-order valence-electron chi connectivity index (χ0n) is 21.0. The van der Waals surface area contributed by atoms with E-state index in [4.69, 9.17) is 4.98 Å². The fourth-order valence-electron chi connectivity index (χ4n) is 8.41. The molecule has 0 saturated heterocycles. The first-order valence-corrected chi connectivity index (χ1v) is 13.2. The van der Waals surface area contributed by atoms with E-state index in [-0.39, 0.29) is 16.7 Å². The Morgan fingerprint density at radius 3 is 2.70 bits per heavy atom. The lowest BCUT2D eigenvalue weighted by atomic mass is 9.43. The van der Waals surface area contributed by atoms with Gasteiger partial charge in [0.05, 0.1) is 5.52 Å². The van der Waals surface area contributed by atoms with Crippen LogP contribution in [0.2, 0.25) is 0 Å². The number of amides is 1. The minimum absolute atomic E-state index is 0.114. The van der Waals surface area contributed by atoms with Crippen LogP contribution in [0.3, 0.4) is 0 Å². The molecule has 1 aliphatic heterocycles. The van der Waals surface area contributed by atoms with Crippen molar-refractivity contribution in [1.29, 1.82) is 0 Å². The van der Waals surface area contributed by atoms with Gasteiger partial charge in [-0.15, -0.1) is 0 Å². The van der Waals surface area contributed by atoms with Crippen molar-refractivity contribution in [2.45, 2.75) is 84.6 Å². The van der Waals surface area contributed by atoms with Gasteiger partial charge in [0.25, 0.3) is 0 Å². The van der Waals surface area contributed by atoms with Crippen molar-refractivity contribution in [3.05, 3.63) is 36.3 Å². The number of pyridine rings is 1. The number of imidazole rings is 1. The number of carbonyl (C=O) groups is 1. The van der Waals surface area contributed by atoms with E-state index >= 15 is 0 Å². The summed E-state index contributed by atoms with van der Waals surface area (Å²) in [4.78, 5) is 27.4. The van der Waals surface area contributed by atoms with Gasteiger partial charge < -0.3 is 9.88 Å². The van der Waals surface area contributed by atoms with Gasteiger partial charge in [-0.2, -0.15) is 0 Å². The van der Waals surface area contributed by atoms with Crippen molar-refractivity contribution < 1.29 is 4.79 Å². The summed E-state index contributed by atoms with van der Waals surface area (Å²) >= 11 is 0. The lowest BCUT2D eigenvalue weighted by Gasteiger charge is -2.63. The van der Waals surface area contributed by atoms with Crippen LogP contribution in [-0.4, -0.2) is 38.8 Å². The number of fused-ring (bicyclic) bond motifs is 6. The number of rotatable bonds is 1. The Bertz CT molecular complexity index is 1030. The quantitative estimate of drug-likeness (QED) is 0.573. The molecule has 1 amide bonds. The minimum Gasteiger partial charge on any atom is -0.340 e. The maximum absolute atomic E-state index is 12.3. The van der Waals surface area contributed by atoms with Gasteiger partial charge in [0.2, 0.25) is 5.91 Å². The number of aromatic amines is 1. The molecule has 3 saturated carbocycles. The van der Waals surface area contributed by atoms with E-state index in [0.717, 1.165) is 35.2 Å². The Balaban J connectivity index is 0.00000111.